The summed E-state index contributed by atoms with van der Waals surface area (Å²) in [6, 6.07) is 0. The minimum Gasteiger partial charge on any atom is -0.466 e. The van der Waals surface area contributed by atoms with Crippen molar-refractivity contribution in [2.45, 2.75) is 46.1 Å². The van der Waals surface area contributed by atoms with Crippen molar-refractivity contribution >= 4 is 11.9 Å². The number of hydrogen-bond acceptors (Lipinski definition) is 6. The van der Waals surface area contributed by atoms with Gasteiger partial charge in [-0.3, -0.25) is 4.79 Å². The number of unbranched alkanes of at least 4 members (excludes halogenated alkanes) is 1. The summed E-state index contributed by atoms with van der Waals surface area (Å²) < 4.78 is 20.3. The fraction of sp³-hybridized carbons (Fsp3) is 0.857. The van der Waals surface area contributed by atoms with Gasteiger partial charge in [0.1, 0.15) is 0 Å². The van der Waals surface area contributed by atoms with Crippen LogP contribution < -0.4 is 0 Å². The molecular formula is C14H26O6. The lowest BCUT2D eigenvalue weighted by Crippen LogP contribution is -2.31. The van der Waals surface area contributed by atoms with Gasteiger partial charge in [0.25, 0.3) is 0 Å². The summed E-state index contributed by atoms with van der Waals surface area (Å²) in [5.41, 5.74) is 0. The van der Waals surface area contributed by atoms with Gasteiger partial charge in [-0.1, -0.05) is 13.3 Å². The minimum atomic E-state index is -0.927. The van der Waals surface area contributed by atoms with Crippen LogP contribution in [-0.4, -0.2) is 51.1 Å². The van der Waals surface area contributed by atoms with Crippen molar-refractivity contribution in [3.8, 4) is 0 Å². The first-order chi connectivity index (χ1) is 9.65. The third kappa shape index (κ3) is 9.75. The van der Waals surface area contributed by atoms with E-state index in [2.05, 4.69) is 6.92 Å². The molecule has 118 valence electrons. The van der Waals surface area contributed by atoms with Crippen molar-refractivity contribution < 1.29 is 28.5 Å². The van der Waals surface area contributed by atoms with Gasteiger partial charge in [-0.25, -0.2) is 4.79 Å². The molecule has 0 heterocycles. The van der Waals surface area contributed by atoms with E-state index in [1.54, 1.807) is 13.8 Å². The second-order valence-electron chi connectivity index (χ2n) is 4.09. The summed E-state index contributed by atoms with van der Waals surface area (Å²) in [5, 5.41) is 0. The fourth-order valence-electron chi connectivity index (χ4n) is 1.41. The predicted molar refractivity (Wildman–Crippen MR) is 73.4 cm³/mol. The average Bonchev–Trinajstić information content (AvgIpc) is 2.41. The molecule has 0 amide bonds. The van der Waals surface area contributed by atoms with Crippen LogP contribution >= 0.6 is 0 Å². The lowest BCUT2D eigenvalue weighted by Gasteiger charge is -2.15. The number of ether oxygens (including phenoxy) is 4. The average molecular weight is 290 g/mol. The van der Waals surface area contributed by atoms with E-state index in [-0.39, 0.29) is 26.2 Å². The molecule has 0 bridgehead atoms. The molecule has 1 unspecified atom stereocenters. The first kappa shape index (κ1) is 18.9. The Hall–Kier alpha value is -1.14. The Bertz CT molecular complexity index is 266. The van der Waals surface area contributed by atoms with E-state index in [0.29, 0.717) is 13.2 Å². The van der Waals surface area contributed by atoms with E-state index in [1.807, 2.05) is 0 Å². The summed E-state index contributed by atoms with van der Waals surface area (Å²) in [6.07, 6.45) is 0.991. The molecule has 0 aromatic carbocycles. The molecule has 0 N–H and O–H groups in total. The number of hydrogen-bond donors (Lipinski definition) is 0. The van der Waals surface area contributed by atoms with Gasteiger partial charge in [0.05, 0.1) is 32.8 Å². The van der Waals surface area contributed by atoms with Crippen LogP contribution in [0.15, 0.2) is 0 Å². The number of esters is 2. The molecule has 0 aliphatic rings. The van der Waals surface area contributed by atoms with Crippen LogP contribution in [0, 0.1) is 0 Å². The van der Waals surface area contributed by atoms with Crippen LogP contribution in [0.25, 0.3) is 0 Å². The summed E-state index contributed by atoms with van der Waals surface area (Å²) in [6.45, 7) is 7.30. The fourth-order valence-corrected chi connectivity index (χ4v) is 1.41. The summed E-state index contributed by atoms with van der Waals surface area (Å²) in [7, 11) is 0. The highest BCUT2D eigenvalue weighted by atomic mass is 16.6. The van der Waals surface area contributed by atoms with Gasteiger partial charge in [0.15, 0.2) is 6.10 Å². The molecule has 1 atom stereocenters. The molecule has 0 spiro atoms. The maximum absolute atomic E-state index is 11.7. The zero-order valence-electron chi connectivity index (χ0n) is 12.7. The van der Waals surface area contributed by atoms with Crippen molar-refractivity contribution in [1.29, 1.82) is 0 Å². The first-order valence-electron chi connectivity index (χ1n) is 7.17. The zero-order chi connectivity index (χ0) is 15.2. The van der Waals surface area contributed by atoms with E-state index >= 15 is 0 Å². The summed E-state index contributed by atoms with van der Waals surface area (Å²) in [5.74, 6) is -1.02. The third-order valence-corrected chi connectivity index (χ3v) is 2.40. The second kappa shape index (κ2) is 12.9. The number of carbonyl (C=O) groups excluding carboxylic acids is 2. The molecule has 0 aromatic rings. The molecule has 0 fully saturated rings. The zero-order valence-corrected chi connectivity index (χ0v) is 12.7. The van der Waals surface area contributed by atoms with Crippen LogP contribution in [0.5, 0.6) is 0 Å². The van der Waals surface area contributed by atoms with E-state index in [1.165, 1.54) is 0 Å². The smallest absolute Gasteiger partial charge is 0.335 e. The highest BCUT2D eigenvalue weighted by Gasteiger charge is 2.24. The summed E-state index contributed by atoms with van der Waals surface area (Å²) >= 11 is 0. The van der Waals surface area contributed by atoms with Crippen molar-refractivity contribution in [3.63, 3.8) is 0 Å². The van der Waals surface area contributed by atoms with E-state index in [9.17, 15) is 9.59 Å². The largest absolute Gasteiger partial charge is 0.466 e. The standard InChI is InChI=1S/C14H26O6/c1-4-7-8-17-9-10-20-12(14(16)19-6-3)11-13(15)18-5-2/h12H,4-11H2,1-3H3. The van der Waals surface area contributed by atoms with Crippen LogP contribution in [0.2, 0.25) is 0 Å². The monoisotopic (exact) mass is 290 g/mol. The molecule has 0 aromatic heterocycles. The molecule has 0 rings (SSSR count). The molecule has 0 saturated heterocycles. The normalized spacial score (nSPS) is 11.9. The maximum Gasteiger partial charge on any atom is 0.335 e. The van der Waals surface area contributed by atoms with Crippen LogP contribution in [-0.2, 0) is 28.5 Å². The number of rotatable bonds is 12. The third-order valence-electron chi connectivity index (χ3n) is 2.40. The topological polar surface area (TPSA) is 71.1 Å². The van der Waals surface area contributed by atoms with Crippen molar-refractivity contribution in [1.82, 2.24) is 0 Å². The van der Waals surface area contributed by atoms with Gasteiger partial charge >= 0.3 is 11.9 Å². The van der Waals surface area contributed by atoms with Crippen molar-refractivity contribution in [2.75, 3.05) is 33.0 Å². The molecule has 0 aliphatic heterocycles. The lowest BCUT2D eigenvalue weighted by molar-refractivity contribution is -0.164. The SMILES string of the molecule is CCCCOCCOC(CC(=O)OCC)C(=O)OCC. The Labute approximate surface area is 120 Å². The molecule has 20 heavy (non-hydrogen) atoms. The predicted octanol–water partition coefficient (Wildman–Crippen LogP) is 1.70. The van der Waals surface area contributed by atoms with Gasteiger partial charge in [0.2, 0.25) is 0 Å². The Morgan fingerprint density at radius 2 is 1.65 bits per heavy atom. The van der Waals surface area contributed by atoms with E-state index in [0.717, 1.165) is 12.8 Å². The van der Waals surface area contributed by atoms with Gasteiger partial charge in [-0.2, -0.15) is 0 Å². The molecule has 6 heteroatoms. The van der Waals surface area contributed by atoms with Crippen molar-refractivity contribution in [3.05, 3.63) is 0 Å². The van der Waals surface area contributed by atoms with E-state index in [4.69, 9.17) is 18.9 Å². The lowest BCUT2D eigenvalue weighted by atomic mass is 10.2. The van der Waals surface area contributed by atoms with Crippen LogP contribution in [0.1, 0.15) is 40.0 Å². The molecule has 0 aliphatic carbocycles. The molecule has 0 radical (unpaired) electrons. The highest BCUT2D eigenvalue weighted by molar-refractivity contribution is 5.81. The molecular weight excluding hydrogens is 264 g/mol. The Balaban J connectivity index is 4.04. The second-order valence-corrected chi connectivity index (χ2v) is 4.09. The van der Waals surface area contributed by atoms with Crippen molar-refractivity contribution in [2.24, 2.45) is 0 Å². The van der Waals surface area contributed by atoms with Gasteiger partial charge in [-0.05, 0) is 20.3 Å². The van der Waals surface area contributed by atoms with Crippen LogP contribution in [0.4, 0.5) is 0 Å². The van der Waals surface area contributed by atoms with Gasteiger partial charge in [-0.15, -0.1) is 0 Å². The maximum atomic E-state index is 11.7. The Morgan fingerprint density at radius 3 is 2.25 bits per heavy atom. The minimum absolute atomic E-state index is 0.137. The van der Waals surface area contributed by atoms with Gasteiger partial charge < -0.3 is 18.9 Å². The van der Waals surface area contributed by atoms with Gasteiger partial charge in [0, 0.05) is 6.61 Å². The number of carbonyl (C=O) groups is 2. The summed E-state index contributed by atoms with van der Waals surface area (Å²) in [4.78, 5) is 23.0. The Morgan fingerprint density at radius 1 is 0.950 bits per heavy atom. The van der Waals surface area contributed by atoms with E-state index < -0.39 is 18.0 Å². The van der Waals surface area contributed by atoms with Crippen LogP contribution in [0.3, 0.4) is 0 Å². The molecule has 6 nitrogen and oxygen atoms in total. The highest BCUT2D eigenvalue weighted by Crippen LogP contribution is 2.04. The molecule has 0 saturated carbocycles. The quantitative estimate of drug-likeness (QED) is 0.402. The first-order valence-corrected chi connectivity index (χ1v) is 7.17. The Kier molecular flexibility index (Phi) is 12.1.